The molecule has 4 N–H and O–H groups in total. The molecule has 2 rings (SSSR count). The SMILES string of the molecule is CSCCC(NC(=O)c1ccccc1)C(=O)OCC(=O)Nc1cccc(S(N)(=O)=O)c1. The molecule has 0 bridgehead atoms. The monoisotopic (exact) mass is 465 g/mol. The van der Waals surface area contributed by atoms with E-state index >= 15 is 0 Å². The molecule has 0 saturated heterocycles. The minimum atomic E-state index is -3.92. The second kappa shape index (κ2) is 11.5. The minimum Gasteiger partial charge on any atom is -0.454 e. The standard InChI is InChI=1S/C20H23N3O6S2/c1-30-11-10-17(23-19(25)14-6-3-2-4-7-14)20(26)29-13-18(24)22-15-8-5-9-16(12-15)31(21,27)28/h2-9,12,17H,10-11,13H2,1H3,(H,22,24)(H,23,25)(H2,21,27,28). The van der Waals surface area contributed by atoms with Gasteiger partial charge in [0.15, 0.2) is 6.61 Å². The number of primary sulfonamides is 1. The Balaban J connectivity index is 1.95. The van der Waals surface area contributed by atoms with Crippen LogP contribution in [0.3, 0.4) is 0 Å². The Hall–Kier alpha value is -2.89. The summed E-state index contributed by atoms with van der Waals surface area (Å²) in [5, 5.41) is 10.1. The minimum absolute atomic E-state index is 0.164. The molecule has 0 aromatic heterocycles. The van der Waals surface area contributed by atoms with Gasteiger partial charge < -0.3 is 15.4 Å². The smallest absolute Gasteiger partial charge is 0.329 e. The van der Waals surface area contributed by atoms with Gasteiger partial charge in [0.25, 0.3) is 11.8 Å². The number of nitrogens with two attached hydrogens (primary N) is 1. The number of amides is 2. The second-order valence-electron chi connectivity index (χ2n) is 6.40. The second-order valence-corrected chi connectivity index (χ2v) is 8.95. The fraction of sp³-hybridized carbons (Fsp3) is 0.250. The van der Waals surface area contributed by atoms with Crippen LogP contribution in [0.2, 0.25) is 0 Å². The lowest BCUT2D eigenvalue weighted by atomic mass is 10.1. The van der Waals surface area contributed by atoms with Crippen molar-refractivity contribution in [2.45, 2.75) is 17.4 Å². The molecule has 0 saturated carbocycles. The number of ether oxygens (including phenoxy) is 1. The molecule has 0 aliphatic rings. The number of esters is 1. The van der Waals surface area contributed by atoms with Crippen LogP contribution in [0.4, 0.5) is 5.69 Å². The van der Waals surface area contributed by atoms with Crippen LogP contribution >= 0.6 is 11.8 Å². The van der Waals surface area contributed by atoms with Crippen LogP contribution in [-0.2, 0) is 24.3 Å². The highest BCUT2D eigenvalue weighted by atomic mass is 32.2. The maximum atomic E-state index is 12.4. The number of benzene rings is 2. The topological polar surface area (TPSA) is 145 Å². The normalized spacial score (nSPS) is 11.9. The van der Waals surface area contributed by atoms with E-state index in [9.17, 15) is 22.8 Å². The molecule has 31 heavy (non-hydrogen) atoms. The highest BCUT2D eigenvalue weighted by molar-refractivity contribution is 7.98. The van der Waals surface area contributed by atoms with E-state index in [0.717, 1.165) is 0 Å². The van der Waals surface area contributed by atoms with Crippen LogP contribution in [0.25, 0.3) is 0 Å². The Bertz CT molecular complexity index is 1030. The van der Waals surface area contributed by atoms with E-state index in [4.69, 9.17) is 9.88 Å². The van der Waals surface area contributed by atoms with E-state index in [2.05, 4.69) is 10.6 Å². The van der Waals surface area contributed by atoms with Gasteiger partial charge in [-0.05, 0) is 48.8 Å². The first-order chi connectivity index (χ1) is 14.7. The van der Waals surface area contributed by atoms with Crippen LogP contribution in [0, 0.1) is 0 Å². The van der Waals surface area contributed by atoms with E-state index in [1.54, 1.807) is 30.3 Å². The average molecular weight is 466 g/mol. The summed E-state index contributed by atoms with van der Waals surface area (Å²) in [6.07, 6.45) is 2.20. The van der Waals surface area contributed by atoms with Crippen LogP contribution < -0.4 is 15.8 Å². The first kappa shape index (κ1) is 24.4. The zero-order valence-electron chi connectivity index (χ0n) is 16.7. The molecule has 166 valence electrons. The van der Waals surface area contributed by atoms with E-state index in [-0.39, 0.29) is 10.6 Å². The molecule has 1 unspecified atom stereocenters. The quantitative estimate of drug-likeness (QED) is 0.449. The fourth-order valence-corrected chi connectivity index (χ4v) is 3.53. The largest absolute Gasteiger partial charge is 0.454 e. The third-order valence-electron chi connectivity index (χ3n) is 4.03. The van der Waals surface area contributed by atoms with Crippen molar-refractivity contribution in [1.82, 2.24) is 5.32 Å². The van der Waals surface area contributed by atoms with Crippen molar-refractivity contribution < 1.29 is 27.5 Å². The first-order valence-corrected chi connectivity index (χ1v) is 12.1. The molecule has 0 heterocycles. The van der Waals surface area contributed by atoms with Crippen LogP contribution in [0.15, 0.2) is 59.5 Å². The van der Waals surface area contributed by atoms with Crippen molar-refractivity contribution in [2.24, 2.45) is 5.14 Å². The Morgan fingerprint density at radius 2 is 1.81 bits per heavy atom. The van der Waals surface area contributed by atoms with Crippen molar-refractivity contribution in [3.63, 3.8) is 0 Å². The number of carbonyl (C=O) groups is 3. The maximum absolute atomic E-state index is 12.4. The molecule has 0 fully saturated rings. The van der Waals surface area contributed by atoms with Gasteiger partial charge >= 0.3 is 5.97 Å². The van der Waals surface area contributed by atoms with Crippen molar-refractivity contribution in [2.75, 3.05) is 23.9 Å². The molecule has 1 atom stereocenters. The molecule has 0 aliphatic carbocycles. The highest BCUT2D eigenvalue weighted by Gasteiger charge is 2.23. The Kier molecular flexibility index (Phi) is 9.03. The lowest BCUT2D eigenvalue weighted by molar-refractivity contribution is -0.149. The van der Waals surface area contributed by atoms with Gasteiger partial charge in [-0.15, -0.1) is 0 Å². The Morgan fingerprint density at radius 3 is 2.45 bits per heavy atom. The number of anilines is 1. The summed E-state index contributed by atoms with van der Waals surface area (Å²) in [4.78, 5) is 36.7. The molecule has 9 nitrogen and oxygen atoms in total. The number of carbonyl (C=O) groups excluding carboxylic acids is 3. The summed E-state index contributed by atoms with van der Waals surface area (Å²) in [5.74, 6) is -1.24. The highest BCUT2D eigenvalue weighted by Crippen LogP contribution is 2.14. The van der Waals surface area contributed by atoms with Gasteiger partial charge in [0.1, 0.15) is 6.04 Å². The molecule has 11 heteroatoms. The number of rotatable bonds is 10. The van der Waals surface area contributed by atoms with E-state index in [1.165, 1.54) is 36.0 Å². The maximum Gasteiger partial charge on any atom is 0.329 e. The number of nitrogens with one attached hydrogen (secondary N) is 2. The molecule has 2 aromatic carbocycles. The van der Waals surface area contributed by atoms with E-state index in [0.29, 0.717) is 17.7 Å². The van der Waals surface area contributed by atoms with E-state index in [1.807, 2.05) is 6.26 Å². The van der Waals surface area contributed by atoms with Crippen molar-refractivity contribution >= 4 is 45.3 Å². The summed E-state index contributed by atoms with van der Waals surface area (Å²) >= 11 is 1.50. The molecule has 0 radical (unpaired) electrons. The predicted molar refractivity (Wildman–Crippen MR) is 118 cm³/mol. The van der Waals surface area contributed by atoms with Gasteiger partial charge in [-0.3, -0.25) is 9.59 Å². The van der Waals surface area contributed by atoms with E-state index < -0.39 is 40.5 Å². The van der Waals surface area contributed by atoms with Crippen molar-refractivity contribution in [3.8, 4) is 0 Å². The van der Waals surface area contributed by atoms with Crippen LogP contribution in [0.1, 0.15) is 16.8 Å². The number of hydrogen-bond acceptors (Lipinski definition) is 7. The van der Waals surface area contributed by atoms with Gasteiger partial charge in [-0.25, -0.2) is 18.4 Å². The number of thioether (sulfide) groups is 1. The van der Waals surface area contributed by atoms with Crippen LogP contribution in [-0.4, -0.2) is 50.9 Å². The van der Waals surface area contributed by atoms with Gasteiger partial charge in [0, 0.05) is 11.3 Å². The van der Waals surface area contributed by atoms with Gasteiger partial charge in [-0.2, -0.15) is 11.8 Å². The van der Waals surface area contributed by atoms with Gasteiger partial charge in [0.2, 0.25) is 10.0 Å². The molecule has 0 spiro atoms. The average Bonchev–Trinajstić information content (AvgIpc) is 2.75. The first-order valence-electron chi connectivity index (χ1n) is 9.15. The fourth-order valence-electron chi connectivity index (χ4n) is 2.50. The zero-order valence-corrected chi connectivity index (χ0v) is 18.4. The molecular formula is C20H23N3O6S2. The number of sulfonamides is 1. The van der Waals surface area contributed by atoms with Crippen molar-refractivity contribution in [1.29, 1.82) is 0 Å². The molecule has 2 aromatic rings. The third kappa shape index (κ3) is 8.04. The Morgan fingerprint density at radius 1 is 1.10 bits per heavy atom. The lowest BCUT2D eigenvalue weighted by Crippen LogP contribution is -2.43. The molecular weight excluding hydrogens is 442 g/mol. The summed E-state index contributed by atoms with van der Waals surface area (Å²) in [6.45, 7) is -0.602. The predicted octanol–water partition coefficient (Wildman–Crippen LogP) is 1.37. The Labute approximate surface area is 184 Å². The summed E-state index contributed by atoms with van der Waals surface area (Å²) in [7, 11) is -3.92. The molecule has 0 aliphatic heterocycles. The zero-order chi connectivity index (χ0) is 22.9. The summed E-state index contributed by atoms with van der Waals surface area (Å²) in [5.41, 5.74) is 0.584. The summed E-state index contributed by atoms with van der Waals surface area (Å²) in [6, 6.07) is 12.9. The van der Waals surface area contributed by atoms with Crippen molar-refractivity contribution in [3.05, 3.63) is 60.2 Å². The molecule has 2 amide bonds. The van der Waals surface area contributed by atoms with Gasteiger partial charge in [-0.1, -0.05) is 24.3 Å². The lowest BCUT2D eigenvalue weighted by Gasteiger charge is -2.17. The third-order valence-corrected chi connectivity index (χ3v) is 5.58. The van der Waals surface area contributed by atoms with Gasteiger partial charge in [0.05, 0.1) is 4.90 Å². The number of hydrogen-bond donors (Lipinski definition) is 3. The summed E-state index contributed by atoms with van der Waals surface area (Å²) < 4.78 is 27.8. The van der Waals surface area contributed by atoms with Crippen LogP contribution in [0.5, 0.6) is 0 Å².